The number of benzene rings is 1. The SMILES string of the molecule is CN=C(NCc1ccc(OCC(F)(F)F)cc1)NCc1cccc(OC)n1.I. The number of guanidine groups is 1. The zero-order valence-electron chi connectivity index (χ0n) is 15.4. The van der Waals surface area contributed by atoms with Crippen molar-refractivity contribution in [3.05, 3.63) is 53.7 Å². The first kappa shape index (κ1) is 23.8. The van der Waals surface area contributed by atoms with Crippen LogP contribution in [-0.4, -0.2) is 37.9 Å². The minimum atomic E-state index is -4.35. The number of aromatic nitrogens is 1. The van der Waals surface area contributed by atoms with Crippen molar-refractivity contribution >= 4 is 29.9 Å². The molecule has 0 aliphatic rings. The van der Waals surface area contributed by atoms with Gasteiger partial charge >= 0.3 is 6.18 Å². The van der Waals surface area contributed by atoms with E-state index in [9.17, 15) is 13.2 Å². The molecule has 0 aliphatic heterocycles. The van der Waals surface area contributed by atoms with Gasteiger partial charge in [-0.15, -0.1) is 24.0 Å². The Bertz CT molecular complexity index is 755. The van der Waals surface area contributed by atoms with Crippen molar-refractivity contribution in [1.82, 2.24) is 15.6 Å². The van der Waals surface area contributed by atoms with Crippen LogP contribution in [0, 0.1) is 0 Å². The second kappa shape index (κ2) is 11.6. The summed E-state index contributed by atoms with van der Waals surface area (Å²) in [6.45, 7) is -0.397. The molecule has 0 saturated heterocycles. The number of alkyl halides is 3. The van der Waals surface area contributed by atoms with Gasteiger partial charge in [-0.2, -0.15) is 13.2 Å². The smallest absolute Gasteiger partial charge is 0.422 e. The third kappa shape index (κ3) is 8.63. The zero-order valence-corrected chi connectivity index (χ0v) is 17.7. The topological polar surface area (TPSA) is 67.8 Å². The highest BCUT2D eigenvalue weighted by Crippen LogP contribution is 2.18. The molecule has 0 spiro atoms. The number of ether oxygens (including phenoxy) is 2. The van der Waals surface area contributed by atoms with Gasteiger partial charge in [0.05, 0.1) is 19.3 Å². The highest BCUT2D eigenvalue weighted by Gasteiger charge is 2.28. The summed E-state index contributed by atoms with van der Waals surface area (Å²) in [5, 5.41) is 6.25. The van der Waals surface area contributed by atoms with E-state index in [4.69, 9.17) is 4.74 Å². The van der Waals surface area contributed by atoms with Gasteiger partial charge in [0.1, 0.15) is 5.75 Å². The highest BCUT2D eigenvalue weighted by atomic mass is 127. The van der Waals surface area contributed by atoms with Gasteiger partial charge in [-0.25, -0.2) is 4.98 Å². The number of rotatable bonds is 7. The summed E-state index contributed by atoms with van der Waals surface area (Å²) in [4.78, 5) is 8.42. The molecule has 1 aromatic heterocycles. The first-order valence-corrected chi connectivity index (χ1v) is 8.12. The first-order chi connectivity index (χ1) is 12.9. The van der Waals surface area contributed by atoms with E-state index in [1.54, 1.807) is 32.4 Å². The molecule has 154 valence electrons. The minimum Gasteiger partial charge on any atom is -0.484 e. The number of pyridine rings is 1. The van der Waals surface area contributed by atoms with E-state index in [1.165, 1.54) is 12.1 Å². The Balaban J connectivity index is 0.00000392. The van der Waals surface area contributed by atoms with Crippen LogP contribution < -0.4 is 20.1 Å². The van der Waals surface area contributed by atoms with Crippen LogP contribution in [0.5, 0.6) is 11.6 Å². The van der Waals surface area contributed by atoms with Crippen molar-refractivity contribution in [2.24, 2.45) is 4.99 Å². The Morgan fingerprint density at radius 2 is 1.75 bits per heavy atom. The van der Waals surface area contributed by atoms with Gasteiger partial charge in [0, 0.05) is 19.7 Å². The van der Waals surface area contributed by atoms with Gasteiger partial charge in [0.15, 0.2) is 12.6 Å². The Labute approximate surface area is 178 Å². The molecule has 2 N–H and O–H groups in total. The fourth-order valence-electron chi connectivity index (χ4n) is 2.12. The molecule has 2 aromatic rings. The largest absolute Gasteiger partial charge is 0.484 e. The lowest BCUT2D eigenvalue weighted by atomic mass is 10.2. The zero-order chi connectivity index (χ0) is 19.7. The summed E-state index contributed by atoms with van der Waals surface area (Å²) >= 11 is 0. The molecule has 1 aromatic carbocycles. The summed E-state index contributed by atoms with van der Waals surface area (Å²) < 4.78 is 46.2. The lowest BCUT2D eigenvalue weighted by Crippen LogP contribution is -2.36. The van der Waals surface area contributed by atoms with Crippen molar-refractivity contribution < 1.29 is 22.6 Å². The average molecular weight is 510 g/mol. The Morgan fingerprint density at radius 3 is 2.36 bits per heavy atom. The van der Waals surface area contributed by atoms with Crippen LogP contribution in [0.15, 0.2) is 47.5 Å². The van der Waals surface area contributed by atoms with Crippen molar-refractivity contribution in [2.45, 2.75) is 19.3 Å². The number of hydrogen-bond donors (Lipinski definition) is 2. The lowest BCUT2D eigenvalue weighted by Gasteiger charge is -2.13. The van der Waals surface area contributed by atoms with Gasteiger partial charge in [-0.3, -0.25) is 4.99 Å². The second-order valence-corrected chi connectivity index (χ2v) is 5.50. The molecule has 2 rings (SSSR count). The van der Waals surface area contributed by atoms with E-state index in [-0.39, 0.29) is 29.7 Å². The van der Waals surface area contributed by atoms with Gasteiger partial charge in [0.25, 0.3) is 0 Å². The maximum atomic E-state index is 12.1. The van der Waals surface area contributed by atoms with Crippen molar-refractivity contribution in [3.8, 4) is 11.6 Å². The number of methoxy groups -OCH3 is 1. The van der Waals surface area contributed by atoms with Crippen LogP contribution >= 0.6 is 24.0 Å². The fraction of sp³-hybridized carbons (Fsp3) is 0.333. The van der Waals surface area contributed by atoms with E-state index in [0.29, 0.717) is 24.9 Å². The van der Waals surface area contributed by atoms with E-state index < -0.39 is 12.8 Å². The molecule has 28 heavy (non-hydrogen) atoms. The van der Waals surface area contributed by atoms with Crippen molar-refractivity contribution in [2.75, 3.05) is 20.8 Å². The predicted octanol–water partition coefficient (Wildman–Crippen LogP) is 3.51. The molecular formula is C18H22F3IN4O2. The molecule has 0 aliphatic carbocycles. The lowest BCUT2D eigenvalue weighted by molar-refractivity contribution is -0.153. The number of hydrogen-bond acceptors (Lipinski definition) is 4. The van der Waals surface area contributed by atoms with Crippen LogP contribution in [-0.2, 0) is 13.1 Å². The maximum absolute atomic E-state index is 12.1. The number of nitrogens with zero attached hydrogens (tertiary/aromatic N) is 2. The van der Waals surface area contributed by atoms with E-state index >= 15 is 0 Å². The average Bonchev–Trinajstić information content (AvgIpc) is 2.67. The molecule has 0 amide bonds. The molecule has 0 bridgehead atoms. The number of aliphatic imine (C=N–C) groups is 1. The quantitative estimate of drug-likeness (QED) is 0.339. The minimum absolute atomic E-state index is 0. The molecule has 0 fully saturated rings. The van der Waals surface area contributed by atoms with E-state index in [1.807, 2.05) is 12.1 Å². The van der Waals surface area contributed by atoms with Crippen molar-refractivity contribution in [3.63, 3.8) is 0 Å². The van der Waals surface area contributed by atoms with Crippen LogP contribution in [0.25, 0.3) is 0 Å². The molecule has 0 unspecified atom stereocenters. The number of nitrogens with one attached hydrogen (secondary N) is 2. The summed E-state index contributed by atoms with van der Waals surface area (Å²) in [5.41, 5.74) is 1.67. The predicted molar refractivity (Wildman–Crippen MR) is 111 cm³/mol. The van der Waals surface area contributed by atoms with E-state index in [0.717, 1.165) is 11.3 Å². The van der Waals surface area contributed by atoms with Crippen LogP contribution in [0.1, 0.15) is 11.3 Å². The van der Waals surface area contributed by atoms with Gasteiger partial charge in [-0.1, -0.05) is 18.2 Å². The summed E-state index contributed by atoms with van der Waals surface area (Å²) in [6.07, 6.45) is -4.35. The third-order valence-corrected chi connectivity index (χ3v) is 3.44. The molecule has 0 atom stereocenters. The first-order valence-electron chi connectivity index (χ1n) is 8.12. The van der Waals surface area contributed by atoms with Gasteiger partial charge in [0.2, 0.25) is 5.88 Å². The monoisotopic (exact) mass is 510 g/mol. The maximum Gasteiger partial charge on any atom is 0.422 e. The summed E-state index contributed by atoms with van der Waals surface area (Å²) in [5.74, 6) is 1.27. The van der Waals surface area contributed by atoms with Crippen molar-refractivity contribution in [1.29, 1.82) is 0 Å². The van der Waals surface area contributed by atoms with Crippen LogP contribution in [0.2, 0.25) is 0 Å². The second-order valence-electron chi connectivity index (χ2n) is 5.50. The third-order valence-electron chi connectivity index (χ3n) is 3.44. The van der Waals surface area contributed by atoms with E-state index in [2.05, 4.69) is 25.3 Å². The molecular weight excluding hydrogens is 488 g/mol. The molecule has 10 heteroatoms. The highest BCUT2D eigenvalue weighted by molar-refractivity contribution is 14.0. The number of halogens is 4. The van der Waals surface area contributed by atoms with Gasteiger partial charge < -0.3 is 20.1 Å². The fourth-order valence-corrected chi connectivity index (χ4v) is 2.12. The Kier molecular flexibility index (Phi) is 9.83. The Morgan fingerprint density at radius 1 is 1.07 bits per heavy atom. The normalized spacial score (nSPS) is 11.4. The molecule has 6 nitrogen and oxygen atoms in total. The Hall–Kier alpha value is -2.24. The summed E-state index contributed by atoms with van der Waals surface area (Å²) in [6, 6.07) is 11.9. The van der Waals surface area contributed by atoms with Crippen LogP contribution in [0.4, 0.5) is 13.2 Å². The summed E-state index contributed by atoms with van der Waals surface area (Å²) in [7, 11) is 3.20. The standard InChI is InChI=1S/C18H21F3N4O2.HI/c1-22-17(24-11-14-4-3-5-16(25-14)26-2)23-10-13-6-8-15(9-7-13)27-12-18(19,20)21;/h3-9H,10-12H2,1-2H3,(H2,22,23,24);1H. The molecule has 0 radical (unpaired) electrons. The van der Waals surface area contributed by atoms with Gasteiger partial charge in [-0.05, 0) is 23.8 Å². The van der Waals surface area contributed by atoms with Crippen LogP contribution in [0.3, 0.4) is 0 Å². The molecule has 0 saturated carbocycles. The molecule has 1 heterocycles.